The summed E-state index contributed by atoms with van der Waals surface area (Å²) in [6.07, 6.45) is 0. The highest BCUT2D eigenvalue weighted by Gasteiger charge is 2.62. The fourth-order valence-corrected chi connectivity index (χ4v) is 2.91. The third-order valence-corrected chi connectivity index (χ3v) is 4.23. The predicted octanol–water partition coefficient (Wildman–Crippen LogP) is 4.23. The van der Waals surface area contributed by atoms with Gasteiger partial charge in [0.2, 0.25) is 0 Å². The molecule has 1 aliphatic carbocycles. The molecular formula is C16H23ClO2. The maximum absolute atomic E-state index is 11.2. The van der Waals surface area contributed by atoms with Gasteiger partial charge in [0, 0.05) is 5.92 Å². The van der Waals surface area contributed by atoms with E-state index in [0.29, 0.717) is 0 Å². The van der Waals surface area contributed by atoms with Crippen LogP contribution in [0.2, 0.25) is 0 Å². The number of carboxylic acid groups (broad SMARTS) is 1. The smallest absolute Gasteiger partial charge is 0.307 e. The van der Waals surface area contributed by atoms with Crippen molar-refractivity contribution < 1.29 is 9.90 Å². The Balaban J connectivity index is 0.00000180. The zero-order chi connectivity index (χ0) is 13.7. The van der Waals surface area contributed by atoms with Crippen molar-refractivity contribution in [3.63, 3.8) is 0 Å². The van der Waals surface area contributed by atoms with Gasteiger partial charge in [-0.2, -0.15) is 0 Å². The molecule has 0 saturated heterocycles. The SMILES string of the molecule is CC(C)(C)c1ccc([C@@H]2[C@H](C(=O)O)C2(C)C)cc1.Cl. The van der Waals surface area contributed by atoms with Crippen molar-refractivity contribution in [2.45, 2.75) is 46.0 Å². The Morgan fingerprint density at radius 1 is 1.16 bits per heavy atom. The first-order chi connectivity index (χ1) is 8.15. The largest absolute Gasteiger partial charge is 0.481 e. The van der Waals surface area contributed by atoms with E-state index in [1.54, 1.807) is 0 Å². The summed E-state index contributed by atoms with van der Waals surface area (Å²) in [5.74, 6) is -0.757. The van der Waals surface area contributed by atoms with Crippen LogP contribution in [0.25, 0.3) is 0 Å². The molecule has 0 aliphatic heterocycles. The second-order valence-corrected chi connectivity index (χ2v) is 6.99. The van der Waals surface area contributed by atoms with Crippen molar-refractivity contribution in [3.8, 4) is 0 Å². The summed E-state index contributed by atoms with van der Waals surface area (Å²) in [6.45, 7) is 10.6. The number of carboxylic acids is 1. The van der Waals surface area contributed by atoms with Crippen molar-refractivity contribution in [1.82, 2.24) is 0 Å². The van der Waals surface area contributed by atoms with Gasteiger partial charge in [0.05, 0.1) is 5.92 Å². The zero-order valence-electron chi connectivity index (χ0n) is 12.2. The number of benzene rings is 1. The Bertz CT molecular complexity index is 469. The van der Waals surface area contributed by atoms with E-state index < -0.39 is 5.97 Å². The number of rotatable bonds is 2. The van der Waals surface area contributed by atoms with Crippen molar-refractivity contribution in [1.29, 1.82) is 0 Å². The minimum atomic E-state index is -0.676. The van der Waals surface area contributed by atoms with E-state index in [9.17, 15) is 9.90 Å². The molecule has 0 unspecified atom stereocenters. The topological polar surface area (TPSA) is 37.3 Å². The molecule has 19 heavy (non-hydrogen) atoms. The molecule has 3 heteroatoms. The van der Waals surface area contributed by atoms with E-state index in [4.69, 9.17) is 0 Å². The molecule has 1 aliphatic rings. The van der Waals surface area contributed by atoms with Gasteiger partial charge in [0.1, 0.15) is 0 Å². The molecule has 0 spiro atoms. The molecule has 0 radical (unpaired) electrons. The molecule has 1 N–H and O–H groups in total. The second kappa shape index (κ2) is 4.82. The minimum absolute atomic E-state index is 0. The number of hydrogen-bond donors (Lipinski definition) is 1. The maximum Gasteiger partial charge on any atom is 0.307 e. The van der Waals surface area contributed by atoms with Crippen LogP contribution < -0.4 is 0 Å². The second-order valence-electron chi connectivity index (χ2n) is 6.99. The summed E-state index contributed by atoms with van der Waals surface area (Å²) >= 11 is 0. The van der Waals surface area contributed by atoms with E-state index in [1.807, 2.05) is 13.8 Å². The average Bonchev–Trinajstić information content (AvgIpc) is 2.80. The van der Waals surface area contributed by atoms with Crippen LogP contribution in [0.1, 0.15) is 51.7 Å². The van der Waals surface area contributed by atoms with Crippen LogP contribution in [-0.2, 0) is 10.2 Å². The number of carbonyl (C=O) groups is 1. The summed E-state index contributed by atoms with van der Waals surface area (Å²) in [6, 6.07) is 8.44. The zero-order valence-corrected chi connectivity index (χ0v) is 13.0. The van der Waals surface area contributed by atoms with E-state index in [1.165, 1.54) is 5.56 Å². The van der Waals surface area contributed by atoms with Crippen LogP contribution in [0.15, 0.2) is 24.3 Å². The summed E-state index contributed by atoms with van der Waals surface area (Å²) in [7, 11) is 0. The van der Waals surface area contributed by atoms with Gasteiger partial charge < -0.3 is 5.11 Å². The summed E-state index contributed by atoms with van der Waals surface area (Å²) in [5, 5.41) is 9.20. The third-order valence-electron chi connectivity index (χ3n) is 4.23. The van der Waals surface area contributed by atoms with Crippen LogP contribution in [0, 0.1) is 11.3 Å². The first kappa shape index (κ1) is 16.0. The van der Waals surface area contributed by atoms with Gasteiger partial charge in [0.15, 0.2) is 0 Å². The Morgan fingerprint density at radius 2 is 1.63 bits per heavy atom. The summed E-state index contributed by atoms with van der Waals surface area (Å²) in [4.78, 5) is 11.2. The van der Waals surface area contributed by atoms with E-state index in [2.05, 4.69) is 45.0 Å². The Kier molecular flexibility index (Phi) is 4.07. The third kappa shape index (κ3) is 2.79. The highest BCUT2D eigenvalue weighted by molar-refractivity contribution is 5.85. The summed E-state index contributed by atoms with van der Waals surface area (Å²) < 4.78 is 0. The lowest BCUT2D eigenvalue weighted by molar-refractivity contribution is -0.139. The lowest BCUT2D eigenvalue weighted by atomic mass is 9.86. The van der Waals surface area contributed by atoms with Gasteiger partial charge in [-0.15, -0.1) is 12.4 Å². The van der Waals surface area contributed by atoms with Crippen LogP contribution in [0.4, 0.5) is 0 Å². The highest BCUT2D eigenvalue weighted by Crippen LogP contribution is 2.64. The standard InChI is InChI=1S/C16H22O2.ClH/c1-15(2,3)11-8-6-10(7-9-11)12-13(14(17)18)16(12,4)5;/h6-9,12-13H,1-5H3,(H,17,18);1H/t12-,13-;/m1./s1. The van der Waals surface area contributed by atoms with Gasteiger partial charge in [-0.05, 0) is 22.0 Å². The quantitative estimate of drug-likeness (QED) is 0.881. The van der Waals surface area contributed by atoms with Crippen LogP contribution >= 0.6 is 12.4 Å². The van der Waals surface area contributed by atoms with E-state index in [0.717, 1.165) is 5.56 Å². The first-order valence-corrected chi connectivity index (χ1v) is 6.49. The van der Waals surface area contributed by atoms with Gasteiger partial charge in [-0.1, -0.05) is 58.9 Å². The number of hydrogen-bond acceptors (Lipinski definition) is 1. The van der Waals surface area contributed by atoms with Crippen LogP contribution in [-0.4, -0.2) is 11.1 Å². The molecule has 1 saturated carbocycles. The fourth-order valence-electron chi connectivity index (χ4n) is 2.91. The Morgan fingerprint density at radius 3 is 1.95 bits per heavy atom. The molecule has 0 amide bonds. The first-order valence-electron chi connectivity index (χ1n) is 6.49. The van der Waals surface area contributed by atoms with Gasteiger partial charge in [-0.3, -0.25) is 4.79 Å². The molecule has 106 valence electrons. The summed E-state index contributed by atoms with van der Waals surface area (Å²) in [5.41, 5.74) is 2.47. The van der Waals surface area contributed by atoms with Crippen molar-refractivity contribution in [2.75, 3.05) is 0 Å². The van der Waals surface area contributed by atoms with E-state index >= 15 is 0 Å². The molecule has 1 fully saturated rings. The number of halogens is 1. The molecule has 2 atom stereocenters. The van der Waals surface area contributed by atoms with Crippen molar-refractivity contribution >= 4 is 18.4 Å². The molecule has 2 nitrogen and oxygen atoms in total. The van der Waals surface area contributed by atoms with Gasteiger partial charge in [0.25, 0.3) is 0 Å². The predicted molar refractivity (Wildman–Crippen MR) is 80.0 cm³/mol. The van der Waals surface area contributed by atoms with Gasteiger partial charge in [-0.25, -0.2) is 0 Å². The fraction of sp³-hybridized carbons (Fsp3) is 0.562. The molecule has 0 bridgehead atoms. The minimum Gasteiger partial charge on any atom is -0.481 e. The molecule has 0 heterocycles. The van der Waals surface area contributed by atoms with Crippen LogP contribution in [0.5, 0.6) is 0 Å². The molecule has 1 aromatic carbocycles. The molecule has 0 aromatic heterocycles. The van der Waals surface area contributed by atoms with Crippen molar-refractivity contribution in [3.05, 3.63) is 35.4 Å². The monoisotopic (exact) mass is 282 g/mol. The lowest BCUT2D eigenvalue weighted by Gasteiger charge is -2.19. The molecular weight excluding hydrogens is 260 g/mol. The van der Waals surface area contributed by atoms with E-state index in [-0.39, 0.29) is 35.1 Å². The normalized spacial score (nSPS) is 24.5. The molecule has 1 aromatic rings. The maximum atomic E-state index is 11.2. The molecule has 2 rings (SSSR count). The highest BCUT2D eigenvalue weighted by atomic mass is 35.5. The Hall–Kier alpha value is -1.02. The van der Waals surface area contributed by atoms with Crippen LogP contribution in [0.3, 0.4) is 0 Å². The van der Waals surface area contributed by atoms with Gasteiger partial charge >= 0.3 is 5.97 Å². The lowest BCUT2D eigenvalue weighted by Crippen LogP contribution is -2.10. The Labute approximate surface area is 121 Å². The average molecular weight is 283 g/mol. The van der Waals surface area contributed by atoms with Crippen molar-refractivity contribution in [2.24, 2.45) is 11.3 Å². The number of aliphatic carboxylic acids is 1.